The molecule has 3 atom stereocenters. The van der Waals surface area contributed by atoms with Gasteiger partial charge in [0.25, 0.3) is 0 Å². The van der Waals surface area contributed by atoms with Crippen LogP contribution < -0.4 is 5.32 Å². The molecule has 1 N–H and O–H groups in total. The van der Waals surface area contributed by atoms with Gasteiger partial charge in [0, 0.05) is 13.0 Å². The lowest BCUT2D eigenvalue weighted by Gasteiger charge is -2.37. The van der Waals surface area contributed by atoms with Crippen LogP contribution in [0.5, 0.6) is 0 Å². The summed E-state index contributed by atoms with van der Waals surface area (Å²) >= 11 is 0. The molecule has 3 aromatic rings. The summed E-state index contributed by atoms with van der Waals surface area (Å²) in [6.07, 6.45) is -0.243. The van der Waals surface area contributed by atoms with E-state index in [9.17, 15) is 14.4 Å². The second kappa shape index (κ2) is 14.3. The Labute approximate surface area is 235 Å². The van der Waals surface area contributed by atoms with Crippen molar-refractivity contribution in [3.8, 4) is 0 Å². The van der Waals surface area contributed by atoms with Crippen LogP contribution in [0.25, 0.3) is 0 Å². The van der Waals surface area contributed by atoms with E-state index in [1.807, 2.05) is 84.9 Å². The number of fused-ring (bicyclic) bond motifs is 1. The van der Waals surface area contributed by atoms with Crippen molar-refractivity contribution in [3.63, 3.8) is 0 Å². The molecule has 0 saturated heterocycles. The van der Waals surface area contributed by atoms with Gasteiger partial charge in [0.1, 0.15) is 12.6 Å². The van der Waals surface area contributed by atoms with Crippen LogP contribution in [0.3, 0.4) is 0 Å². The molecule has 40 heavy (non-hydrogen) atoms. The average molecular weight is 545 g/mol. The molecule has 1 amide bonds. The van der Waals surface area contributed by atoms with Crippen LogP contribution in [0.4, 0.5) is 4.79 Å². The van der Waals surface area contributed by atoms with Gasteiger partial charge in [-0.2, -0.15) is 0 Å². The number of carbonyl (C=O) groups is 3. The van der Waals surface area contributed by atoms with Crippen LogP contribution in [-0.2, 0) is 49.8 Å². The monoisotopic (exact) mass is 544 g/mol. The van der Waals surface area contributed by atoms with Crippen molar-refractivity contribution in [2.24, 2.45) is 0 Å². The quantitative estimate of drug-likeness (QED) is 0.347. The molecule has 3 aromatic carbocycles. The summed E-state index contributed by atoms with van der Waals surface area (Å²) in [7, 11) is 0. The number of benzene rings is 3. The average Bonchev–Trinajstić information content (AvgIpc) is 2.98. The van der Waals surface area contributed by atoms with Gasteiger partial charge in [-0.3, -0.25) is 14.9 Å². The summed E-state index contributed by atoms with van der Waals surface area (Å²) in [5.74, 6) is -0.691. The zero-order valence-electron chi connectivity index (χ0n) is 23.0. The summed E-state index contributed by atoms with van der Waals surface area (Å²) < 4.78 is 16.3. The third-order valence-corrected chi connectivity index (χ3v) is 6.87. The molecule has 1 heterocycles. The summed E-state index contributed by atoms with van der Waals surface area (Å²) in [6.45, 7) is 4.05. The molecule has 8 heteroatoms. The van der Waals surface area contributed by atoms with Crippen molar-refractivity contribution in [2.75, 3.05) is 6.61 Å². The van der Waals surface area contributed by atoms with Gasteiger partial charge in [0.2, 0.25) is 5.91 Å². The summed E-state index contributed by atoms with van der Waals surface area (Å²) in [5.41, 5.74) is 3.90. The van der Waals surface area contributed by atoms with Gasteiger partial charge in [0.05, 0.1) is 12.6 Å². The third kappa shape index (κ3) is 7.93. The van der Waals surface area contributed by atoms with Crippen LogP contribution in [0.15, 0.2) is 84.9 Å². The highest BCUT2D eigenvalue weighted by Crippen LogP contribution is 2.25. The molecule has 0 fully saturated rings. The Kier molecular flexibility index (Phi) is 10.3. The topological polar surface area (TPSA) is 94.2 Å². The van der Waals surface area contributed by atoms with Crippen molar-refractivity contribution < 1.29 is 28.6 Å². The molecule has 0 radical (unpaired) electrons. The number of amides is 1. The first-order valence-electron chi connectivity index (χ1n) is 13.7. The standard InChI is InChI=1S/C32H36N2O6/c1-3-38-31(36)28(19-18-24-12-6-4-7-13-24)33-23(2)30(35)34-21-27-17-11-10-16-26(27)20-29(34)40-32(37)39-22-25-14-8-5-9-15-25/h4-17,23,28-29,33H,3,18-22H2,1-2H3/t23-,28-,29-/m0/s1. The molecule has 0 unspecified atom stereocenters. The van der Waals surface area contributed by atoms with Crippen LogP contribution in [0, 0.1) is 0 Å². The first-order valence-corrected chi connectivity index (χ1v) is 13.7. The summed E-state index contributed by atoms with van der Waals surface area (Å²) in [6, 6.07) is 25.5. The number of hydrogen-bond donors (Lipinski definition) is 1. The fraction of sp³-hybridized carbons (Fsp3) is 0.344. The molecular weight excluding hydrogens is 508 g/mol. The molecule has 0 bridgehead atoms. The lowest BCUT2D eigenvalue weighted by atomic mass is 9.98. The smallest absolute Gasteiger partial charge is 0.465 e. The maximum atomic E-state index is 13.7. The fourth-order valence-corrected chi connectivity index (χ4v) is 4.77. The number of carbonyl (C=O) groups excluding carboxylic acids is 3. The zero-order valence-corrected chi connectivity index (χ0v) is 23.0. The Hall–Kier alpha value is -4.17. The Morgan fingerprint density at radius 1 is 0.875 bits per heavy atom. The fourth-order valence-electron chi connectivity index (χ4n) is 4.77. The maximum Gasteiger partial charge on any atom is 0.510 e. The van der Waals surface area contributed by atoms with E-state index in [1.54, 1.807) is 13.8 Å². The zero-order chi connectivity index (χ0) is 28.3. The second-order valence-electron chi connectivity index (χ2n) is 9.75. The lowest BCUT2D eigenvalue weighted by Crippen LogP contribution is -2.55. The minimum atomic E-state index is -0.848. The number of nitrogens with zero attached hydrogens (tertiary/aromatic N) is 1. The molecule has 1 aliphatic heterocycles. The predicted molar refractivity (Wildman–Crippen MR) is 150 cm³/mol. The largest absolute Gasteiger partial charge is 0.510 e. The van der Waals surface area contributed by atoms with Gasteiger partial charge in [-0.05, 0) is 48.9 Å². The van der Waals surface area contributed by atoms with Crippen molar-refractivity contribution in [1.29, 1.82) is 0 Å². The SMILES string of the molecule is CCOC(=O)[C@H](CCc1ccccc1)N[C@@H](C)C(=O)N1Cc2ccccc2C[C@@H]1OC(=O)OCc1ccccc1. The van der Waals surface area contributed by atoms with E-state index >= 15 is 0 Å². The molecule has 0 aliphatic carbocycles. The van der Waals surface area contributed by atoms with Gasteiger partial charge in [-0.1, -0.05) is 84.9 Å². The van der Waals surface area contributed by atoms with E-state index in [1.165, 1.54) is 4.90 Å². The summed E-state index contributed by atoms with van der Waals surface area (Å²) in [5, 5.41) is 3.18. The van der Waals surface area contributed by atoms with Crippen molar-refractivity contribution in [3.05, 3.63) is 107 Å². The van der Waals surface area contributed by atoms with E-state index < -0.39 is 30.4 Å². The van der Waals surface area contributed by atoms with Gasteiger partial charge in [0.15, 0.2) is 6.23 Å². The van der Waals surface area contributed by atoms with Crippen molar-refractivity contribution in [1.82, 2.24) is 10.2 Å². The van der Waals surface area contributed by atoms with Gasteiger partial charge < -0.3 is 19.1 Å². The molecule has 8 nitrogen and oxygen atoms in total. The van der Waals surface area contributed by atoms with E-state index in [-0.39, 0.29) is 25.7 Å². The molecule has 0 spiro atoms. The Balaban J connectivity index is 1.45. The minimum absolute atomic E-state index is 0.0670. The number of aryl methyl sites for hydroxylation is 1. The molecule has 0 aromatic heterocycles. The predicted octanol–water partition coefficient (Wildman–Crippen LogP) is 4.79. The van der Waals surface area contributed by atoms with Crippen molar-refractivity contribution >= 4 is 18.0 Å². The number of nitrogens with one attached hydrogen (secondary N) is 1. The maximum absolute atomic E-state index is 13.7. The Morgan fingerprint density at radius 2 is 1.50 bits per heavy atom. The molecule has 4 rings (SSSR count). The summed E-state index contributed by atoms with van der Waals surface area (Å²) in [4.78, 5) is 40.7. The highest BCUT2D eigenvalue weighted by atomic mass is 16.7. The molecule has 210 valence electrons. The van der Waals surface area contributed by atoms with Crippen LogP contribution in [0.1, 0.15) is 42.5 Å². The molecule has 0 saturated carbocycles. The highest BCUT2D eigenvalue weighted by molar-refractivity contribution is 5.84. The first kappa shape index (κ1) is 28.8. The molecule has 1 aliphatic rings. The van der Waals surface area contributed by atoms with Gasteiger partial charge in [-0.25, -0.2) is 4.79 Å². The Morgan fingerprint density at radius 3 is 2.17 bits per heavy atom. The number of hydrogen-bond acceptors (Lipinski definition) is 7. The van der Waals surface area contributed by atoms with Crippen LogP contribution in [-0.4, -0.2) is 47.9 Å². The minimum Gasteiger partial charge on any atom is -0.465 e. The normalized spacial score (nSPS) is 15.8. The van der Waals surface area contributed by atoms with E-state index in [0.29, 0.717) is 19.3 Å². The number of rotatable bonds is 11. The van der Waals surface area contributed by atoms with E-state index in [4.69, 9.17) is 14.2 Å². The first-order chi connectivity index (χ1) is 19.4. The number of esters is 1. The van der Waals surface area contributed by atoms with Crippen LogP contribution in [0.2, 0.25) is 0 Å². The third-order valence-electron chi connectivity index (χ3n) is 6.87. The van der Waals surface area contributed by atoms with Crippen molar-refractivity contribution in [2.45, 2.75) is 64.6 Å². The highest BCUT2D eigenvalue weighted by Gasteiger charge is 2.36. The van der Waals surface area contributed by atoms with E-state index in [2.05, 4.69) is 5.32 Å². The van der Waals surface area contributed by atoms with Crippen LogP contribution >= 0.6 is 0 Å². The Bertz CT molecular complexity index is 1270. The molecular formula is C32H36N2O6. The van der Waals surface area contributed by atoms with E-state index in [0.717, 1.165) is 22.3 Å². The number of ether oxygens (including phenoxy) is 3. The van der Waals surface area contributed by atoms with Gasteiger partial charge in [-0.15, -0.1) is 0 Å². The second-order valence-corrected chi connectivity index (χ2v) is 9.75. The van der Waals surface area contributed by atoms with Gasteiger partial charge >= 0.3 is 12.1 Å². The lowest BCUT2D eigenvalue weighted by molar-refractivity contribution is -0.149.